The Hall–Kier alpha value is -2.08. The van der Waals surface area contributed by atoms with Crippen molar-refractivity contribution < 1.29 is 9.59 Å². The zero-order valence-electron chi connectivity index (χ0n) is 18.9. The summed E-state index contributed by atoms with van der Waals surface area (Å²) in [5, 5.41) is 3.37. The quantitative estimate of drug-likeness (QED) is 0.807. The number of nitrogens with zero attached hydrogens (tertiary/aromatic N) is 3. The van der Waals surface area contributed by atoms with Gasteiger partial charge in [0.25, 0.3) is 5.91 Å². The van der Waals surface area contributed by atoms with Gasteiger partial charge in [-0.15, -0.1) is 0 Å². The largest absolute Gasteiger partial charge is 0.378 e. The van der Waals surface area contributed by atoms with Gasteiger partial charge in [0.05, 0.1) is 5.92 Å². The molecule has 1 aromatic carbocycles. The number of hydrogen-bond donors (Lipinski definition) is 1. The molecule has 0 bridgehead atoms. The molecule has 3 atom stereocenters. The number of fused-ring (bicyclic) bond motifs is 2. The second kappa shape index (κ2) is 8.22. The zero-order valence-corrected chi connectivity index (χ0v) is 18.9. The van der Waals surface area contributed by atoms with Gasteiger partial charge in [0, 0.05) is 69.5 Å². The van der Waals surface area contributed by atoms with Crippen LogP contribution >= 0.6 is 0 Å². The van der Waals surface area contributed by atoms with E-state index in [1.807, 2.05) is 48.2 Å². The van der Waals surface area contributed by atoms with Crippen LogP contribution in [-0.4, -0.2) is 74.0 Å². The molecule has 3 aliphatic heterocycles. The van der Waals surface area contributed by atoms with Crippen molar-refractivity contribution in [3.63, 3.8) is 0 Å². The molecule has 2 amide bonds. The third-order valence-corrected chi connectivity index (χ3v) is 7.65. The molecule has 164 valence electrons. The van der Waals surface area contributed by atoms with Crippen LogP contribution in [0.15, 0.2) is 24.3 Å². The van der Waals surface area contributed by atoms with Crippen molar-refractivity contribution in [3.8, 4) is 0 Å². The molecule has 3 saturated heterocycles. The monoisotopic (exact) mass is 412 g/mol. The van der Waals surface area contributed by atoms with Crippen LogP contribution < -0.4 is 10.2 Å². The molecule has 0 radical (unpaired) electrons. The second-order valence-electron chi connectivity index (χ2n) is 9.82. The van der Waals surface area contributed by atoms with Gasteiger partial charge in [-0.2, -0.15) is 0 Å². The first-order valence-electron chi connectivity index (χ1n) is 11.4. The molecule has 0 saturated carbocycles. The van der Waals surface area contributed by atoms with Gasteiger partial charge < -0.3 is 20.0 Å². The number of carbonyl (C=O) groups excluding carboxylic acids is 2. The number of benzene rings is 1. The van der Waals surface area contributed by atoms with Gasteiger partial charge in [-0.3, -0.25) is 9.59 Å². The van der Waals surface area contributed by atoms with Crippen LogP contribution in [0.25, 0.3) is 0 Å². The molecule has 4 rings (SSSR count). The lowest BCUT2D eigenvalue weighted by Gasteiger charge is -2.43. The van der Waals surface area contributed by atoms with Crippen molar-refractivity contribution in [1.82, 2.24) is 15.1 Å². The molecule has 0 aromatic heterocycles. The molecule has 30 heavy (non-hydrogen) atoms. The highest BCUT2D eigenvalue weighted by molar-refractivity contribution is 5.94. The fourth-order valence-electron chi connectivity index (χ4n) is 5.55. The van der Waals surface area contributed by atoms with Gasteiger partial charge in [0.1, 0.15) is 0 Å². The summed E-state index contributed by atoms with van der Waals surface area (Å²) >= 11 is 0. The number of amides is 2. The lowest BCUT2D eigenvalue weighted by Crippen LogP contribution is -2.56. The standard InChI is InChI=1S/C24H36N4O2/c1-5-17(2)14-27-15-20-21(16-27)24(25-22(20)29)10-12-28(13-11-24)23(30)18-6-8-19(9-7-18)26(3)4/h6-9,17,20-21H,5,10-16H2,1-4H3,(H,25,29)/t17?,20-,21+/m1/s1. The second-order valence-corrected chi connectivity index (χ2v) is 9.82. The summed E-state index contributed by atoms with van der Waals surface area (Å²) < 4.78 is 0. The fraction of sp³-hybridized carbons (Fsp3) is 0.667. The summed E-state index contributed by atoms with van der Waals surface area (Å²) in [5.74, 6) is 1.49. The highest BCUT2D eigenvalue weighted by Crippen LogP contribution is 2.44. The third-order valence-electron chi connectivity index (χ3n) is 7.65. The SMILES string of the molecule is CCC(C)CN1C[C@H]2C(=O)NC3(CCN(C(=O)c4ccc(N(C)C)cc4)CC3)[C@H]2C1. The molecule has 1 N–H and O–H groups in total. The number of anilines is 1. The summed E-state index contributed by atoms with van der Waals surface area (Å²) in [4.78, 5) is 32.2. The first-order chi connectivity index (χ1) is 14.3. The van der Waals surface area contributed by atoms with E-state index in [0.29, 0.717) is 24.9 Å². The van der Waals surface area contributed by atoms with Crippen LogP contribution in [0.3, 0.4) is 0 Å². The van der Waals surface area contributed by atoms with E-state index in [0.717, 1.165) is 43.7 Å². The van der Waals surface area contributed by atoms with Gasteiger partial charge in [0.15, 0.2) is 0 Å². The van der Waals surface area contributed by atoms with Crippen molar-refractivity contribution in [2.45, 2.75) is 38.6 Å². The van der Waals surface area contributed by atoms with Crippen molar-refractivity contribution in [2.75, 3.05) is 51.7 Å². The van der Waals surface area contributed by atoms with Crippen LogP contribution in [0.4, 0.5) is 5.69 Å². The molecule has 1 aromatic rings. The van der Waals surface area contributed by atoms with E-state index in [1.54, 1.807) is 0 Å². The minimum atomic E-state index is -0.127. The Labute approximate surface area is 180 Å². The molecule has 6 heteroatoms. The summed E-state index contributed by atoms with van der Waals surface area (Å²) in [6.07, 6.45) is 2.90. The predicted molar refractivity (Wildman–Crippen MR) is 120 cm³/mol. The number of carbonyl (C=O) groups is 2. The Bertz CT molecular complexity index is 783. The van der Waals surface area contributed by atoms with E-state index < -0.39 is 0 Å². The Kier molecular flexibility index (Phi) is 5.80. The summed E-state index contributed by atoms with van der Waals surface area (Å²) in [7, 11) is 3.99. The normalized spacial score (nSPS) is 26.5. The molecule has 3 aliphatic rings. The van der Waals surface area contributed by atoms with E-state index >= 15 is 0 Å². The Balaban J connectivity index is 1.40. The average molecular weight is 413 g/mol. The average Bonchev–Trinajstić information content (AvgIpc) is 3.27. The first kappa shape index (κ1) is 21.2. The third kappa shape index (κ3) is 3.82. The Morgan fingerprint density at radius 2 is 1.87 bits per heavy atom. The van der Waals surface area contributed by atoms with Gasteiger partial charge in [-0.1, -0.05) is 20.3 Å². The van der Waals surface area contributed by atoms with E-state index in [4.69, 9.17) is 0 Å². The van der Waals surface area contributed by atoms with Crippen molar-refractivity contribution in [3.05, 3.63) is 29.8 Å². The highest BCUT2D eigenvalue weighted by Gasteiger charge is 2.57. The molecule has 3 heterocycles. The summed E-state index contributed by atoms with van der Waals surface area (Å²) in [6.45, 7) is 8.93. The topological polar surface area (TPSA) is 55.9 Å². The van der Waals surface area contributed by atoms with Gasteiger partial charge >= 0.3 is 0 Å². The van der Waals surface area contributed by atoms with Crippen molar-refractivity contribution >= 4 is 17.5 Å². The number of nitrogens with one attached hydrogen (secondary N) is 1. The van der Waals surface area contributed by atoms with E-state index in [9.17, 15) is 9.59 Å². The van der Waals surface area contributed by atoms with Gasteiger partial charge in [0.2, 0.25) is 5.91 Å². The molecule has 0 aliphatic carbocycles. The van der Waals surface area contributed by atoms with Gasteiger partial charge in [-0.05, 0) is 43.0 Å². The van der Waals surface area contributed by atoms with Crippen molar-refractivity contribution in [1.29, 1.82) is 0 Å². The fourth-order valence-corrected chi connectivity index (χ4v) is 5.55. The predicted octanol–water partition coefficient (Wildman–Crippen LogP) is 2.45. The summed E-state index contributed by atoms with van der Waals surface area (Å²) in [6, 6.07) is 7.81. The Morgan fingerprint density at radius 3 is 2.47 bits per heavy atom. The number of rotatable bonds is 5. The molecule has 6 nitrogen and oxygen atoms in total. The van der Waals surface area contributed by atoms with Crippen LogP contribution in [0, 0.1) is 17.8 Å². The van der Waals surface area contributed by atoms with Crippen molar-refractivity contribution in [2.24, 2.45) is 17.8 Å². The minimum Gasteiger partial charge on any atom is -0.378 e. The lowest BCUT2D eigenvalue weighted by molar-refractivity contribution is -0.123. The smallest absolute Gasteiger partial charge is 0.253 e. The minimum absolute atomic E-state index is 0.0980. The van der Waals surface area contributed by atoms with E-state index in [-0.39, 0.29) is 23.3 Å². The maximum absolute atomic E-state index is 13.0. The van der Waals surface area contributed by atoms with Crippen LogP contribution in [0.5, 0.6) is 0 Å². The maximum Gasteiger partial charge on any atom is 0.253 e. The van der Waals surface area contributed by atoms with E-state index in [2.05, 4.69) is 24.1 Å². The number of hydrogen-bond acceptors (Lipinski definition) is 4. The van der Waals surface area contributed by atoms with Crippen LogP contribution in [0.2, 0.25) is 0 Å². The van der Waals surface area contributed by atoms with Crippen LogP contribution in [-0.2, 0) is 4.79 Å². The summed E-state index contributed by atoms with van der Waals surface area (Å²) in [5.41, 5.74) is 1.70. The molecule has 1 unspecified atom stereocenters. The van der Waals surface area contributed by atoms with Crippen LogP contribution in [0.1, 0.15) is 43.5 Å². The lowest BCUT2D eigenvalue weighted by atomic mass is 9.75. The van der Waals surface area contributed by atoms with E-state index in [1.165, 1.54) is 6.42 Å². The zero-order chi connectivity index (χ0) is 21.5. The first-order valence-corrected chi connectivity index (χ1v) is 11.4. The number of likely N-dealkylation sites (tertiary alicyclic amines) is 2. The highest BCUT2D eigenvalue weighted by atomic mass is 16.2. The number of piperidine rings is 1. The molecule has 1 spiro atoms. The molecular weight excluding hydrogens is 376 g/mol. The maximum atomic E-state index is 13.0. The van der Waals surface area contributed by atoms with Gasteiger partial charge in [-0.25, -0.2) is 0 Å². The molecule has 3 fully saturated rings. The Morgan fingerprint density at radius 1 is 1.20 bits per heavy atom. The molecular formula is C24H36N4O2.